The normalized spacial score (nSPS) is 19.6. The first-order valence-corrected chi connectivity index (χ1v) is 7.26. The van der Waals surface area contributed by atoms with Crippen LogP contribution in [-0.4, -0.2) is 39.0 Å². The Bertz CT molecular complexity index is 600. The van der Waals surface area contributed by atoms with Crippen molar-refractivity contribution in [2.75, 3.05) is 11.9 Å². The minimum atomic E-state index is -1.89. The monoisotopic (exact) mass is 367 g/mol. The molecule has 1 fully saturated rings. The fraction of sp³-hybridized carbons (Fsp3) is 0.250. The molecule has 0 aliphatic carbocycles. The highest BCUT2D eigenvalue weighted by molar-refractivity contribution is 6.70. The van der Waals surface area contributed by atoms with Crippen LogP contribution in [0.25, 0.3) is 0 Å². The molecule has 1 unspecified atom stereocenters. The first-order chi connectivity index (χ1) is 9.73. The van der Waals surface area contributed by atoms with Crippen molar-refractivity contribution in [1.29, 1.82) is 0 Å². The number of nitrogens with zero attached hydrogens (tertiary/aromatic N) is 3. The van der Waals surface area contributed by atoms with Crippen molar-refractivity contribution in [3.8, 4) is 0 Å². The summed E-state index contributed by atoms with van der Waals surface area (Å²) in [6.45, 7) is 0. The van der Waals surface area contributed by atoms with E-state index in [9.17, 15) is 9.59 Å². The Morgan fingerprint density at radius 2 is 1.71 bits per heavy atom. The lowest BCUT2D eigenvalue weighted by Gasteiger charge is -2.15. The predicted molar refractivity (Wildman–Crippen MR) is 84.5 cm³/mol. The first-order valence-electron chi connectivity index (χ1n) is 5.69. The molecule has 0 radical (unpaired) electrons. The zero-order valence-electron chi connectivity index (χ0n) is 10.6. The lowest BCUT2D eigenvalue weighted by molar-refractivity contribution is -0.111. The summed E-state index contributed by atoms with van der Waals surface area (Å²) in [6, 6.07) is 7.87. The number of hydrogen-bond acceptors (Lipinski definition) is 3. The molecule has 1 heterocycles. The molecule has 0 bridgehead atoms. The Morgan fingerprint density at radius 1 is 1.14 bits per heavy atom. The van der Waals surface area contributed by atoms with Gasteiger partial charge in [0.25, 0.3) is 0 Å². The molecule has 1 saturated heterocycles. The second-order valence-electron chi connectivity index (χ2n) is 4.15. The summed E-state index contributed by atoms with van der Waals surface area (Å²) < 4.78 is -1.89. The molecule has 1 atom stereocenters. The number of amidine groups is 1. The van der Waals surface area contributed by atoms with Gasteiger partial charge in [0.05, 0.1) is 5.69 Å². The molecule has 0 N–H and O–H groups in total. The predicted octanol–water partition coefficient (Wildman–Crippen LogP) is 3.42. The van der Waals surface area contributed by atoms with E-state index in [4.69, 9.17) is 46.4 Å². The SMILES string of the molecule is CN1C(=O)N(c2ccccc2)C(=O)/C1=N/C(Cl)C(Cl)(Cl)Cl. The Labute approximate surface area is 141 Å². The Kier molecular flexibility index (Phi) is 4.68. The summed E-state index contributed by atoms with van der Waals surface area (Å²) in [5, 5.41) is 0. The van der Waals surface area contributed by atoms with Crippen molar-refractivity contribution in [2.24, 2.45) is 4.99 Å². The number of halogens is 4. The van der Waals surface area contributed by atoms with Gasteiger partial charge in [0.15, 0.2) is 5.50 Å². The van der Waals surface area contributed by atoms with Gasteiger partial charge in [-0.3, -0.25) is 9.69 Å². The van der Waals surface area contributed by atoms with E-state index >= 15 is 0 Å². The summed E-state index contributed by atoms with van der Waals surface area (Å²) in [5.41, 5.74) is -0.878. The number of rotatable bonds is 2. The van der Waals surface area contributed by atoms with Crippen molar-refractivity contribution < 1.29 is 9.59 Å². The fourth-order valence-electron chi connectivity index (χ4n) is 1.70. The third-order valence-corrected chi connectivity index (χ3v) is 4.09. The molecule has 2 rings (SSSR count). The second-order valence-corrected chi connectivity index (χ2v) is 6.93. The fourth-order valence-corrected chi connectivity index (χ4v) is 1.94. The molecular formula is C12H9Cl4N3O2. The van der Waals surface area contributed by atoms with Crippen molar-refractivity contribution >= 4 is 69.9 Å². The zero-order chi connectivity index (χ0) is 15.8. The van der Waals surface area contributed by atoms with E-state index in [1.807, 2.05) is 0 Å². The van der Waals surface area contributed by atoms with Crippen LogP contribution in [0.5, 0.6) is 0 Å². The molecule has 0 saturated carbocycles. The first kappa shape index (κ1) is 16.4. The molecule has 5 nitrogen and oxygen atoms in total. The number of aliphatic imine (C=N–C) groups is 1. The van der Waals surface area contributed by atoms with Crippen LogP contribution >= 0.6 is 46.4 Å². The second kappa shape index (κ2) is 6.01. The Balaban J connectivity index is 2.38. The number of benzene rings is 1. The van der Waals surface area contributed by atoms with Crippen LogP contribution in [0.1, 0.15) is 0 Å². The smallest absolute Gasteiger partial charge is 0.276 e. The largest absolute Gasteiger partial charge is 0.337 e. The summed E-state index contributed by atoms with van der Waals surface area (Å²) in [4.78, 5) is 30.4. The highest BCUT2D eigenvalue weighted by atomic mass is 35.6. The number of anilines is 1. The van der Waals surface area contributed by atoms with Crippen molar-refractivity contribution in [1.82, 2.24) is 4.90 Å². The molecule has 1 aliphatic heterocycles. The highest BCUT2D eigenvalue weighted by Gasteiger charge is 2.43. The number of likely N-dealkylation sites (N-methyl/N-ethyl adjacent to an activating group) is 1. The molecule has 1 aliphatic rings. The molecule has 3 amide bonds. The summed E-state index contributed by atoms with van der Waals surface area (Å²) >= 11 is 22.6. The standard InChI is InChI=1S/C12H9Cl4N3O2/c1-18-8(17-10(13)12(14,15)16)9(20)19(11(18)21)7-5-3-2-4-6-7/h2-6,10H,1H3/b17-8-. The number of amides is 3. The maximum Gasteiger partial charge on any atom is 0.337 e. The minimum absolute atomic E-state index is 0.185. The van der Waals surface area contributed by atoms with Crippen molar-refractivity contribution in [3.63, 3.8) is 0 Å². The molecule has 0 aromatic heterocycles. The minimum Gasteiger partial charge on any atom is -0.276 e. The van der Waals surface area contributed by atoms with Crippen LogP contribution < -0.4 is 4.90 Å². The van der Waals surface area contributed by atoms with Crippen LogP contribution in [0.3, 0.4) is 0 Å². The quantitative estimate of drug-likeness (QED) is 0.456. The lowest BCUT2D eigenvalue weighted by atomic mass is 10.3. The van der Waals surface area contributed by atoms with Crippen LogP contribution in [0, 0.1) is 0 Å². The maximum atomic E-state index is 12.3. The van der Waals surface area contributed by atoms with Gasteiger partial charge in [-0.2, -0.15) is 0 Å². The van der Waals surface area contributed by atoms with Gasteiger partial charge in [-0.25, -0.2) is 14.7 Å². The number of imide groups is 1. The van der Waals surface area contributed by atoms with Gasteiger partial charge in [-0.1, -0.05) is 64.6 Å². The van der Waals surface area contributed by atoms with Gasteiger partial charge in [-0.05, 0) is 12.1 Å². The van der Waals surface area contributed by atoms with E-state index in [-0.39, 0.29) is 5.84 Å². The third-order valence-electron chi connectivity index (χ3n) is 2.71. The summed E-state index contributed by atoms with van der Waals surface area (Å²) in [7, 11) is 1.39. The molecule has 1 aromatic carbocycles. The summed E-state index contributed by atoms with van der Waals surface area (Å²) in [5.74, 6) is -0.816. The van der Waals surface area contributed by atoms with E-state index in [2.05, 4.69) is 4.99 Å². The zero-order valence-corrected chi connectivity index (χ0v) is 13.7. The van der Waals surface area contributed by atoms with Crippen LogP contribution in [0.2, 0.25) is 0 Å². The third kappa shape index (κ3) is 3.26. The van der Waals surface area contributed by atoms with Crippen LogP contribution in [-0.2, 0) is 4.79 Å². The van der Waals surface area contributed by atoms with Gasteiger partial charge < -0.3 is 0 Å². The van der Waals surface area contributed by atoms with Gasteiger partial charge in [0.1, 0.15) is 0 Å². The average molecular weight is 369 g/mol. The van der Waals surface area contributed by atoms with Gasteiger partial charge in [0, 0.05) is 7.05 Å². The van der Waals surface area contributed by atoms with Crippen molar-refractivity contribution in [3.05, 3.63) is 30.3 Å². The molecule has 112 valence electrons. The summed E-state index contributed by atoms with van der Waals surface area (Å²) in [6.07, 6.45) is 0. The van der Waals surface area contributed by atoms with E-state index in [0.29, 0.717) is 5.69 Å². The topological polar surface area (TPSA) is 53.0 Å². The number of alkyl halides is 4. The van der Waals surface area contributed by atoms with Gasteiger partial charge >= 0.3 is 11.9 Å². The molecule has 9 heteroatoms. The van der Waals surface area contributed by atoms with E-state index in [1.165, 1.54) is 7.05 Å². The number of para-hydroxylation sites is 1. The van der Waals surface area contributed by atoms with Crippen LogP contribution in [0.15, 0.2) is 35.3 Å². The molecule has 0 spiro atoms. The van der Waals surface area contributed by atoms with Crippen LogP contribution in [0.4, 0.5) is 10.5 Å². The highest BCUT2D eigenvalue weighted by Crippen LogP contribution is 2.35. The van der Waals surface area contributed by atoms with E-state index < -0.39 is 21.2 Å². The molecule has 21 heavy (non-hydrogen) atoms. The number of urea groups is 1. The number of hydrogen-bond donors (Lipinski definition) is 0. The van der Waals surface area contributed by atoms with Gasteiger partial charge in [0.2, 0.25) is 9.63 Å². The number of carbonyl (C=O) groups is 2. The van der Waals surface area contributed by atoms with E-state index in [0.717, 1.165) is 9.80 Å². The van der Waals surface area contributed by atoms with E-state index in [1.54, 1.807) is 30.3 Å². The lowest BCUT2D eigenvalue weighted by Crippen LogP contribution is -2.31. The molecule has 1 aromatic rings. The Morgan fingerprint density at radius 3 is 2.24 bits per heavy atom. The molecular weight excluding hydrogens is 360 g/mol. The number of carbonyl (C=O) groups excluding carboxylic acids is 2. The van der Waals surface area contributed by atoms with Gasteiger partial charge in [-0.15, -0.1) is 0 Å². The maximum absolute atomic E-state index is 12.3. The Hall–Kier alpha value is -1.01. The van der Waals surface area contributed by atoms with Crippen molar-refractivity contribution in [2.45, 2.75) is 9.29 Å². The average Bonchev–Trinajstić information content (AvgIpc) is 2.63.